The third-order valence-corrected chi connectivity index (χ3v) is 2.72. The molecule has 3 N–H and O–H groups in total. The molecule has 1 heterocycles. The quantitative estimate of drug-likeness (QED) is 0.787. The zero-order valence-electron chi connectivity index (χ0n) is 9.72. The van der Waals surface area contributed by atoms with Crippen LogP contribution in [0.5, 0.6) is 0 Å². The highest BCUT2D eigenvalue weighted by molar-refractivity contribution is 5.92. The van der Waals surface area contributed by atoms with Gasteiger partial charge in [0.25, 0.3) is 5.91 Å². The van der Waals surface area contributed by atoms with Crippen LogP contribution in [0.1, 0.15) is 30.3 Å². The van der Waals surface area contributed by atoms with Crippen LogP contribution < -0.4 is 11.1 Å². The Morgan fingerprint density at radius 3 is 3.00 bits per heavy atom. The maximum absolute atomic E-state index is 11.8. The molecule has 92 valence electrons. The fourth-order valence-corrected chi connectivity index (χ4v) is 1.81. The molecule has 0 aliphatic heterocycles. The molecule has 0 unspecified atom stereocenters. The number of amides is 1. The lowest BCUT2D eigenvalue weighted by Crippen LogP contribution is -2.48. The van der Waals surface area contributed by atoms with E-state index in [4.69, 9.17) is 10.5 Å². The van der Waals surface area contributed by atoms with Gasteiger partial charge in [-0.2, -0.15) is 0 Å². The zero-order valence-corrected chi connectivity index (χ0v) is 9.72. The van der Waals surface area contributed by atoms with Crippen LogP contribution in [0.15, 0.2) is 12.4 Å². The molecular formula is C11H16N4O2. The number of carbonyl (C=O) groups is 1. The van der Waals surface area contributed by atoms with Crippen molar-refractivity contribution in [2.75, 3.05) is 12.3 Å². The Morgan fingerprint density at radius 1 is 1.59 bits per heavy atom. The summed E-state index contributed by atoms with van der Waals surface area (Å²) in [6.07, 6.45) is 4.80. The summed E-state index contributed by atoms with van der Waals surface area (Å²) < 4.78 is 5.42. The Balaban J connectivity index is 1.83. The molecule has 0 spiro atoms. The normalized spacial score (nSPS) is 22.9. The number of aromatic nitrogens is 2. The van der Waals surface area contributed by atoms with Crippen LogP contribution in [0.3, 0.4) is 0 Å². The van der Waals surface area contributed by atoms with Gasteiger partial charge < -0.3 is 15.8 Å². The molecule has 0 aromatic carbocycles. The van der Waals surface area contributed by atoms with E-state index in [9.17, 15) is 4.79 Å². The van der Waals surface area contributed by atoms with Crippen LogP contribution >= 0.6 is 0 Å². The van der Waals surface area contributed by atoms with E-state index in [1.165, 1.54) is 12.4 Å². The standard InChI is InChI=1S/C11H16N4O2/c1-2-17-8-3-7(4-8)14-11(16)9-5-13-6-10(12)15-9/h5-8H,2-4H2,1H3,(H2,12,15)(H,14,16). The van der Waals surface area contributed by atoms with Gasteiger partial charge in [0.1, 0.15) is 11.5 Å². The third kappa shape index (κ3) is 2.91. The predicted molar refractivity (Wildman–Crippen MR) is 62.3 cm³/mol. The zero-order chi connectivity index (χ0) is 12.3. The van der Waals surface area contributed by atoms with E-state index in [1.54, 1.807) is 0 Å². The molecule has 6 nitrogen and oxygen atoms in total. The van der Waals surface area contributed by atoms with E-state index >= 15 is 0 Å². The Morgan fingerprint density at radius 2 is 2.35 bits per heavy atom. The topological polar surface area (TPSA) is 90.1 Å². The van der Waals surface area contributed by atoms with Crippen molar-refractivity contribution in [3.8, 4) is 0 Å². The van der Waals surface area contributed by atoms with Crippen LogP contribution in [0.2, 0.25) is 0 Å². The smallest absolute Gasteiger partial charge is 0.271 e. The summed E-state index contributed by atoms with van der Waals surface area (Å²) in [7, 11) is 0. The van der Waals surface area contributed by atoms with Gasteiger partial charge in [0.15, 0.2) is 0 Å². The van der Waals surface area contributed by atoms with Crippen LogP contribution in [0, 0.1) is 0 Å². The minimum Gasteiger partial charge on any atom is -0.382 e. The van der Waals surface area contributed by atoms with Crippen molar-refractivity contribution in [2.24, 2.45) is 0 Å². The van der Waals surface area contributed by atoms with Crippen LogP contribution in [0.25, 0.3) is 0 Å². The van der Waals surface area contributed by atoms with Crippen LogP contribution in [-0.4, -0.2) is 34.6 Å². The van der Waals surface area contributed by atoms with Gasteiger partial charge in [-0.3, -0.25) is 9.78 Å². The second-order valence-electron chi connectivity index (χ2n) is 4.05. The first kappa shape index (κ1) is 11.8. The van der Waals surface area contributed by atoms with Crippen molar-refractivity contribution in [1.29, 1.82) is 0 Å². The maximum Gasteiger partial charge on any atom is 0.271 e. The third-order valence-electron chi connectivity index (χ3n) is 2.72. The van der Waals surface area contributed by atoms with E-state index in [0.717, 1.165) is 12.8 Å². The maximum atomic E-state index is 11.8. The summed E-state index contributed by atoms with van der Waals surface area (Å²) >= 11 is 0. The van der Waals surface area contributed by atoms with E-state index in [1.807, 2.05) is 6.92 Å². The van der Waals surface area contributed by atoms with Gasteiger partial charge in [-0.15, -0.1) is 0 Å². The molecule has 1 saturated carbocycles. The van der Waals surface area contributed by atoms with E-state index in [2.05, 4.69) is 15.3 Å². The molecular weight excluding hydrogens is 220 g/mol. The molecule has 6 heteroatoms. The average Bonchev–Trinajstić information content (AvgIpc) is 2.26. The average molecular weight is 236 g/mol. The second-order valence-corrected chi connectivity index (χ2v) is 4.05. The molecule has 0 atom stereocenters. The highest BCUT2D eigenvalue weighted by Gasteiger charge is 2.31. The Hall–Kier alpha value is -1.69. The summed E-state index contributed by atoms with van der Waals surface area (Å²) in [5.41, 5.74) is 5.72. The molecule has 0 radical (unpaired) electrons. The predicted octanol–water partition coefficient (Wildman–Crippen LogP) is 0.356. The Labute approximate surface area is 99.6 Å². The number of nitrogens with two attached hydrogens (primary N) is 1. The van der Waals surface area contributed by atoms with Crippen molar-refractivity contribution in [3.05, 3.63) is 18.1 Å². The fraction of sp³-hybridized carbons (Fsp3) is 0.545. The summed E-state index contributed by atoms with van der Waals surface area (Å²) in [4.78, 5) is 19.5. The monoisotopic (exact) mass is 236 g/mol. The number of rotatable bonds is 4. The highest BCUT2D eigenvalue weighted by Crippen LogP contribution is 2.23. The van der Waals surface area contributed by atoms with Crippen molar-refractivity contribution in [1.82, 2.24) is 15.3 Å². The van der Waals surface area contributed by atoms with E-state index < -0.39 is 0 Å². The van der Waals surface area contributed by atoms with Gasteiger partial charge in [-0.1, -0.05) is 0 Å². The Kier molecular flexibility index (Phi) is 3.53. The first-order chi connectivity index (χ1) is 8.19. The molecule has 1 aromatic rings. The van der Waals surface area contributed by atoms with Gasteiger partial charge >= 0.3 is 0 Å². The summed E-state index contributed by atoms with van der Waals surface area (Å²) in [5, 5.41) is 2.87. The molecule has 1 amide bonds. The number of anilines is 1. The number of hydrogen-bond donors (Lipinski definition) is 2. The fourth-order valence-electron chi connectivity index (χ4n) is 1.81. The van der Waals surface area contributed by atoms with Crippen LogP contribution in [0.4, 0.5) is 5.82 Å². The number of carbonyl (C=O) groups excluding carboxylic acids is 1. The second kappa shape index (κ2) is 5.09. The minimum atomic E-state index is -0.232. The van der Waals surface area contributed by atoms with E-state index in [-0.39, 0.29) is 29.6 Å². The number of nitrogens with zero attached hydrogens (tertiary/aromatic N) is 2. The first-order valence-corrected chi connectivity index (χ1v) is 5.69. The highest BCUT2D eigenvalue weighted by atomic mass is 16.5. The Bertz CT molecular complexity index is 404. The van der Waals surface area contributed by atoms with Crippen molar-refractivity contribution < 1.29 is 9.53 Å². The summed E-state index contributed by atoms with van der Waals surface area (Å²) in [6, 6.07) is 0.169. The number of hydrogen-bond acceptors (Lipinski definition) is 5. The van der Waals surface area contributed by atoms with Crippen LogP contribution in [-0.2, 0) is 4.74 Å². The van der Waals surface area contributed by atoms with Gasteiger partial charge in [0.2, 0.25) is 0 Å². The summed E-state index contributed by atoms with van der Waals surface area (Å²) in [6.45, 7) is 2.68. The molecule has 1 aliphatic rings. The van der Waals surface area contributed by atoms with Gasteiger partial charge in [-0.25, -0.2) is 4.98 Å². The summed E-state index contributed by atoms with van der Waals surface area (Å²) in [5.74, 6) is 0.0169. The van der Waals surface area contributed by atoms with Crippen molar-refractivity contribution >= 4 is 11.7 Å². The molecule has 17 heavy (non-hydrogen) atoms. The molecule has 2 rings (SSSR count). The van der Waals surface area contributed by atoms with Crippen molar-refractivity contribution in [3.63, 3.8) is 0 Å². The molecule has 1 aliphatic carbocycles. The minimum absolute atomic E-state index is 0.169. The van der Waals surface area contributed by atoms with Gasteiger partial charge in [0.05, 0.1) is 18.5 Å². The van der Waals surface area contributed by atoms with E-state index in [0.29, 0.717) is 6.61 Å². The number of nitrogens with one attached hydrogen (secondary N) is 1. The lowest BCUT2D eigenvalue weighted by atomic mass is 9.89. The lowest BCUT2D eigenvalue weighted by molar-refractivity contribution is -0.00867. The van der Waals surface area contributed by atoms with Crippen molar-refractivity contribution in [2.45, 2.75) is 31.9 Å². The number of nitrogen functional groups attached to an aromatic ring is 1. The molecule has 1 fully saturated rings. The largest absolute Gasteiger partial charge is 0.382 e. The molecule has 0 bridgehead atoms. The molecule has 1 aromatic heterocycles. The van der Waals surface area contributed by atoms with Gasteiger partial charge in [-0.05, 0) is 19.8 Å². The molecule has 0 saturated heterocycles. The number of ether oxygens (including phenoxy) is 1. The first-order valence-electron chi connectivity index (χ1n) is 5.69. The SMILES string of the molecule is CCOC1CC(NC(=O)c2cncc(N)n2)C1. The lowest BCUT2D eigenvalue weighted by Gasteiger charge is -2.35. The van der Waals surface area contributed by atoms with Gasteiger partial charge in [0, 0.05) is 12.6 Å².